The number of thiophene rings is 1. The van der Waals surface area contributed by atoms with Crippen LogP contribution in [0.5, 0.6) is 0 Å². The average molecular weight is 340 g/mol. The molecular weight excluding hydrogens is 324 g/mol. The van der Waals surface area contributed by atoms with Gasteiger partial charge < -0.3 is 4.74 Å². The Kier molecular flexibility index (Phi) is 3.69. The van der Waals surface area contributed by atoms with E-state index in [1.165, 1.54) is 22.9 Å². The van der Waals surface area contributed by atoms with E-state index >= 15 is 0 Å². The topological polar surface area (TPSA) is 61.2 Å². The number of esters is 1. The van der Waals surface area contributed by atoms with Crippen LogP contribution in [0.4, 0.5) is 0 Å². The van der Waals surface area contributed by atoms with E-state index in [1.54, 1.807) is 11.3 Å². The predicted octanol–water partition coefficient (Wildman–Crippen LogP) is 2.71. The van der Waals surface area contributed by atoms with Crippen molar-refractivity contribution in [1.29, 1.82) is 0 Å². The monoisotopic (exact) mass is 340 g/mol. The van der Waals surface area contributed by atoms with Gasteiger partial charge in [-0.3, -0.25) is 9.36 Å². The number of ether oxygens (including phenoxy) is 1. The Bertz CT molecular complexity index is 975. The molecule has 0 amide bonds. The number of carbonyl (C=O) groups excluding carboxylic acids is 1. The minimum absolute atomic E-state index is 0.168. The predicted molar refractivity (Wildman–Crippen MR) is 92.5 cm³/mol. The van der Waals surface area contributed by atoms with Crippen molar-refractivity contribution in [1.82, 2.24) is 9.55 Å². The van der Waals surface area contributed by atoms with Crippen LogP contribution in [-0.2, 0) is 22.4 Å². The van der Waals surface area contributed by atoms with E-state index in [0.29, 0.717) is 10.9 Å². The molecule has 0 bridgehead atoms. The highest BCUT2D eigenvalue weighted by Crippen LogP contribution is 2.34. The Balaban J connectivity index is 1.95. The van der Waals surface area contributed by atoms with E-state index in [4.69, 9.17) is 4.74 Å². The molecule has 2 heterocycles. The number of hydrogen-bond acceptors (Lipinski definition) is 5. The summed E-state index contributed by atoms with van der Waals surface area (Å²) in [6.07, 6.45) is 4.45. The van der Waals surface area contributed by atoms with Crippen molar-refractivity contribution < 1.29 is 9.53 Å². The van der Waals surface area contributed by atoms with E-state index in [1.807, 2.05) is 30.3 Å². The summed E-state index contributed by atoms with van der Waals surface area (Å²) < 4.78 is 6.34. The van der Waals surface area contributed by atoms with E-state index in [-0.39, 0.29) is 5.56 Å². The fourth-order valence-corrected chi connectivity index (χ4v) is 4.56. The summed E-state index contributed by atoms with van der Waals surface area (Å²) in [5, 5.41) is 0.667. The first-order valence-electron chi connectivity index (χ1n) is 7.85. The SMILES string of the molecule is COC(=O)C(c1ccccc1)n1cnc2sc3c(c2c1=O)CCC3. The fourth-order valence-electron chi connectivity index (χ4n) is 3.34. The highest BCUT2D eigenvalue weighted by atomic mass is 32.1. The summed E-state index contributed by atoms with van der Waals surface area (Å²) in [5.41, 5.74) is 1.65. The number of hydrogen-bond donors (Lipinski definition) is 0. The van der Waals surface area contributed by atoms with Gasteiger partial charge in [-0.2, -0.15) is 0 Å². The van der Waals surface area contributed by atoms with Gasteiger partial charge in [0.05, 0.1) is 12.5 Å². The van der Waals surface area contributed by atoms with Gasteiger partial charge in [0.15, 0.2) is 6.04 Å². The average Bonchev–Trinajstić information content (AvgIpc) is 3.18. The second-order valence-electron chi connectivity index (χ2n) is 5.83. The maximum absolute atomic E-state index is 13.1. The molecular formula is C18H16N2O3S. The first-order valence-corrected chi connectivity index (χ1v) is 8.66. The van der Waals surface area contributed by atoms with Crippen LogP contribution in [0, 0.1) is 0 Å². The Labute approximate surface area is 142 Å². The number of carbonyl (C=O) groups is 1. The number of aromatic nitrogens is 2. The second kappa shape index (κ2) is 5.87. The lowest BCUT2D eigenvalue weighted by molar-refractivity contribution is -0.143. The summed E-state index contributed by atoms with van der Waals surface area (Å²) in [6.45, 7) is 0. The first kappa shape index (κ1) is 15.1. The number of benzene rings is 1. The molecule has 2 aromatic heterocycles. The van der Waals surface area contributed by atoms with Crippen LogP contribution in [0.2, 0.25) is 0 Å². The van der Waals surface area contributed by atoms with Gasteiger partial charge in [0.1, 0.15) is 11.2 Å². The molecule has 6 heteroatoms. The number of nitrogens with zero attached hydrogens (tertiary/aromatic N) is 2. The van der Waals surface area contributed by atoms with Crippen LogP contribution in [0.15, 0.2) is 41.5 Å². The van der Waals surface area contributed by atoms with Crippen LogP contribution < -0.4 is 5.56 Å². The molecule has 1 aliphatic rings. The second-order valence-corrected chi connectivity index (χ2v) is 6.91. The zero-order chi connectivity index (χ0) is 16.7. The maximum Gasteiger partial charge on any atom is 0.333 e. The molecule has 24 heavy (non-hydrogen) atoms. The summed E-state index contributed by atoms with van der Waals surface area (Å²) in [4.78, 5) is 31.9. The Morgan fingerprint density at radius 2 is 2.08 bits per heavy atom. The molecule has 1 atom stereocenters. The van der Waals surface area contributed by atoms with Crippen molar-refractivity contribution in [3.8, 4) is 0 Å². The molecule has 0 spiro atoms. The van der Waals surface area contributed by atoms with Gasteiger partial charge in [0.25, 0.3) is 5.56 Å². The van der Waals surface area contributed by atoms with Crippen molar-refractivity contribution in [3.63, 3.8) is 0 Å². The summed E-state index contributed by atoms with van der Waals surface area (Å²) >= 11 is 1.59. The number of rotatable bonds is 3. The molecule has 0 fully saturated rings. The van der Waals surface area contributed by atoms with Crippen LogP contribution in [-0.4, -0.2) is 22.6 Å². The fraction of sp³-hybridized carbons (Fsp3) is 0.278. The van der Waals surface area contributed by atoms with Crippen molar-refractivity contribution >= 4 is 27.5 Å². The largest absolute Gasteiger partial charge is 0.467 e. The molecule has 0 N–H and O–H groups in total. The normalized spacial score (nSPS) is 14.5. The molecule has 1 aliphatic carbocycles. The minimum atomic E-state index is -0.822. The van der Waals surface area contributed by atoms with Crippen molar-refractivity contribution in [2.45, 2.75) is 25.3 Å². The summed E-state index contributed by atoms with van der Waals surface area (Å²) in [5.74, 6) is -0.476. The standard InChI is InChI=1S/C18H16N2O3S/c1-23-18(22)15(11-6-3-2-4-7-11)20-10-19-16-14(17(20)21)12-8-5-9-13(12)24-16/h2-4,6-7,10,15H,5,8-9H2,1H3. The Morgan fingerprint density at radius 3 is 2.83 bits per heavy atom. The van der Waals surface area contributed by atoms with Crippen LogP contribution >= 0.6 is 11.3 Å². The van der Waals surface area contributed by atoms with Crippen LogP contribution in [0.1, 0.15) is 28.5 Å². The lowest BCUT2D eigenvalue weighted by Gasteiger charge is -2.17. The van der Waals surface area contributed by atoms with Crippen molar-refractivity contribution in [2.75, 3.05) is 7.11 Å². The third-order valence-electron chi connectivity index (χ3n) is 4.47. The van der Waals surface area contributed by atoms with Crippen molar-refractivity contribution in [2.24, 2.45) is 0 Å². The van der Waals surface area contributed by atoms with Crippen LogP contribution in [0.3, 0.4) is 0 Å². The van der Waals surface area contributed by atoms with Gasteiger partial charge in [0, 0.05) is 4.88 Å². The van der Waals surface area contributed by atoms with E-state index < -0.39 is 12.0 Å². The highest BCUT2D eigenvalue weighted by Gasteiger charge is 2.28. The summed E-state index contributed by atoms with van der Waals surface area (Å²) in [6, 6.07) is 8.35. The maximum atomic E-state index is 13.1. The lowest BCUT2D eigenvalue weighted by atomic mass is 10.1. The van der Waals surface area contributed by atoms with Gasteiger partial charge in [-0.15, -0.1) is 11.3 Å². The van der Waals surface area contributed by atoms with Gasteiger partial charge >= 0.3 is 5.97 Å². The van der Waals surface area contributed by atoms with Crippen LogP contribution in [0.25, 0.3) is 10.2 Å². The van der Waals surface area contributed by atoms with E-state index in [2.05, 4.69) is 4.98 Å². The van der Waals surface area contributed by atoms with E-state index in [0.717, 1.165) is 29.7 Å². The molecule has 3 aromatic rings. The first-order chi connectivity index (χ1) is 11.7. The Hall–Kier alpha value is -2.47. The third-order valence-corrected chi connectivity index (χ3v) is 5.67. The molecule has 1 unspecified atom stereocenters. The smallest absolute Gasteiger partial charge is 0.333 e. The molecule has 122 valence electrons. The number of methoxy groups -OCH3 is 1. The third kappa shape index (κ3) is 2.26. The Morgan fingerprint density at radius 1 is 1.29 bits per heavy atom. The quantitative estimate of drug-likeness (QED) is 0.688. The number of fused-ring (bicyclic) bond motifs is 3. The van der Waals surface area contributed by atoms with Gasteiger partial charge in [-0.25, -0.2) is 9.78 Å². The van der Waals surface area contributed by atoms with Gasteiger partial charge in [0.2, 0.25) is 0 Å². The molecule has 1 aromatic carbocycles. The molecule has 4 rings (SSSR count). The number of aryl methyl sites for hydroxylation is 2. The summed E-state index contributed by atoms with van der Waals surface area (Å²) in [7, 11) is 1.33. The lowest BCUT2D eigenvalue weighted by Crippen LogP contribution is -2.31. The molecule has 5 nitrogen and oxygen atoms in total. The van der Waals surface area contributed by atoms with Gasteiger partial charge in [-0.05, 0) is 30.4 Å². The molecule has 0 saturated carbocycles. The van der Waals surface area contributed by atoms with Gasteiger partial charge in [-0.1, -0.05) is 30.3 Å². The zero-order valence-corrected chi connectivity index (χ0v) is 14.0. The highest BCUT2D eigenvalue weighted by molar-refractivity contribution is 7.18. The minimum Gasteiger partial charge on any atom is -0.467 e. The van der Waals surface area contributed by atoms with E-state index in [9.17, 15) is 9.59 Å². The molecule has 0 radical (unpaired) electrons. The van der Waals surface area contributed by atoms with Crippen molar-refractivity contribution in [3.05, 3.63) is 63.0 Å². The molecule has 0 saturated heterocycles. The zero-order valence-electron chi connectivity index (χ0n) is 13.2. The molecule has 0 aliphatic heterocycles.